The first-order valence-electron chi connectivity index (χ1n) is 3.98. The third-order valence-electron chi connectivity index (χ3n) is 2.47. The fourth-order valence-corrected chi connectivity index (χ4v) is 1.66. The quantitative estimate of drug-likeness (QED) is 0.572. The highest BCUT2D eigenvalue weighted by molar-refractivity contribution is 4.87. The molecule has 60 valence electrons. The van der Waals surface area contributed by atoms with Crippen LogP contribution in [0.5, 0.6) is 0 Å². The molecule has 1 rings (SSSR count). The normalized spacial score (nSPS) is 34.8. The Kier molecular flexibility index (Phi) is 2.02. The van der Waals surface area contributed by atoms with E-state index >= 15 is 0 Å². The van der Waals surface area contributed by atoms with Crippen molar-refractivity contribution in [3.05, 3.63) is 0 Å². The summed E-state index contributed by atoms with van der Waals surface area (Å²) in [6.07, 6.45) is 3.16. The van der Waals surface area contributed by atoms with Gasteiger partial charge in [-0.25, -0.2) is 0 Å². The van der Waals surface area contributed by atoms with Gasteiger partial charge in [0.25, 0.3) is 0 Å². The summed E-state index contributed by atoms with van der Waals surface area (Å²) in [5, 5.41) is 9.58. The first kappa shape index (κ1) is 8.02. The van der Waals surface area contributed by atoms with Crippen LogP contribution in [0, 0.1) is 5.92 Å². The Morgan fingerprint density at radius 3 is 2.20 bits per heavy atom. The third kappa shape index (κ3) is 1.70. The van der Waals surface area contributed by atoms with Crippen molar-refractivity contribution < 1.29 is 5.11 Å². The van der Waals surface area contributed by atoms with Crippen molar-refractivity contribution in [3.63, 3.8) is 0 Å². The predicted octanol–water partition coefficient (Wildman–Crippen LogP) is 0.885. The summed E-state index contributed by atoms with van der Waals surface area (Å²) < 4.78 is 0. The summed E-state index contributed by atoms with van der Waals surface area (Å²) in [5.74, 6) is 0.419. The van der Waals surface area contributed by atoms with Crippen molar-refractivity contribution in [1.29, 1.82) is 0 Å². The van der Waals surface area contributed by atoms with Gasteiger partial charge < -0.3 is 10.8 Å². The van der Waals surface area contributed by atoms with Crippen LogP contribution in [0.15, 0.2) is 0 Å². The van der Waals surface area contributed by atoms with Gasteiger partial charge in [-0.05, 0) is 39.0 Å². The van der Waals surface area contributed by atoms with Gasteiger partial charge in [-0.2, -0.15) is 0 Å². The molecule has 1 saturated carbocycles. The van der Waals surface area contributed by atoms with E-state index in [1.54, 1.807) is 0 Å². The van der Waals surface area contributed by atoms with E-state index in [2.05, 4.69) is 0 Å². The third-order valence-corrected chi connectivity index (χ3v) is 2.47. The van der Waals surface area contributed by atoms with E-state index in [-0.39, 0.29) is 0 Å². The molecule has 0 aromatic rings. The van der Waals surface area contributed by atoms with Gasteiger partial charge in [0.2, 0.25) is 0 Å². The largest absolute Gasteiger partial charge is 0.390 e. The minimum atomic E-state index is -0.520. The fourth-order valence-electron chi connectivity index (χ4n) is 1.66. The van der Waals surface area contributed by atoms with Gasteiger partial charge in [0.1, 0.15) is 0 Å². The summed E-state index contributed by atoms with van der Waals surface area (Å²) in [5.41, 5.74) is 5.19. The van der Waals surface area contributed by atoms with Crippen molar-refractivity contribution in [2.45, 2.75) is 44.8 Å². The number of nitrogens with two attached hydrogens (primary N) is 1. The van der Waals surface area contributed by atoms with Crippen LogP contribution in [0.3, 0.4) is 0 Å². The van der Waals surface area contributed by atoms with Gasteiger partial charge in [-0.1, -0.05) is 0 Å². The smallest absolute Gasteiger partial charge is 0.0620 e. The first-order valence-corrected chi connectivity index (χ1v) is 3.98. The zero-order valence-corrected chi connectivity index (χ0v) is 6.80. The Labute approximate surface area is 62.4 Å². The van der Waals surface area contributed by atoms with Crippen LogP contribution >= 0.6 is 0 Å². The number of hydrogen-bond acceptors (Lipinski definition) is 2. The Morgan fingerprint density at radius 2 is 2.00 bits per heavy atom. The lowest BCUT2D eigenvalue weighted by Crippen LogP contribution is -2.30. The summed E-state index contributed by atoms with van der Waals surface area (Å²) >= 11 is 0. The van der Waals surface area contributed by atoms with E-state index in [0.717, 1.165) is 19.3 Å². The van der Waals surface area contributed by atoms with Crippen LogP contribution in [0.4, 0.5) is 0 Å². The average molecular weight is 143 g/mol. The second-order valence-corrected chi connectivity index (χ2v) is 3.92. The standard InChI is InChI=1S/C8H17NO/c1-8(2,10)6-3-4-7(9)5-6/h6-7,10H,3-5,9H2,1-2H3/t6-,7-/m1/s1. The Hall–Kier alpha value is -0.0800. The van der Waals surface area contributed by atoms with Crippen LogP contribution in [-0.4, -0.2) is 16.7 Å². The molecule has 1 aliphatic rings. The Morgan fingerprint density at radius 1 is 1.40 bits per heavy atom. The molecule has 0 aliphatic heterocycles. The minimum Gasteiger partial charge on any atom is -0.390 e. The number of aliphatic hydroxyl groups is 1. The maximum atomic E-state index is 9.58. The summed E-state index contributed by atoms with van der Waals surface area (Å²) in [6.45, 7) is 3.74. The topological polar surface area (TPSA) is 46.2 Å². The van der Waals surface area contributed by atoms with E-state index in [4.69, 9.17) is 5.73 Å². The molecule has 0 bridgehead atoms. The van der Waals surface area contributed by atoms with Crippen molar-refractivity contribution >= 4 is 0 Å². The molecule has 0 aromatic heterocycles. The molecule has 3 N–H and O–H groups in total. The maximum Gasteiger partial charge on any atom is 0.0620 e. The highest BCUT2D eigenvalue weighted by atomic mass is 16.3. The first-order chi connectivity index (χ1) is 4.50. The van der Waals surface area contributed by atoms with Crippen molar-refractivity contribution in [1.82, 2.24) is 0 Å². The van der Waals surface area contributed by atoms with Crippen LogP contribution in [0.25, 0.3) is 0 Å². The molecule has 0 unspecified atom stereocenters. The van der Waals surface area contributed by atoms with Crippen LogP contribution in [0.2, 0.25) is 0 Å². The van der Waals surface area contributed by atoms with E-state index in [0.29, 0.717) is 12.0 Å². The molecule has 0 radical (unpaired) electrons. The second kappa shape index (κ2) is 2.51. The molecule has 0 amide bonds. The van der Waals surface area contributed by atoms with E-state index in [1.807, 2.05) is 13.8 Å². The molecular weight excluding hydrogens is 126 g/mol. The lowest BCUT2D eigenvalue weighted by molar-refractivity contribution is 0.0195. The molecule has 0 spiro atoms. The van der Waals surface area contributed by atoms with Crippen LogP contribution in [0.1, 0.15) is 33.1 Å². The molecule has 1 fully saturated rings. The van der Waals surface area contributed by atoms with Crippen LogP contribution in [-0.2, 0) is 0 Å². The summed E-state index contributed by atoms with van der Waals surface area (Å²) in [7, 11) is 0. The molecule has 1 aliphatic carbocycles. The summed E-state index contributed by atoms with van der Waals surface area (Å²) in [4.78, 5) is 0. The van der Waals surface area contributed by atoms with Gasteiger partial charge in [-0.15, -0.1) is 0 Å². The SMILES string of the molecule is CC(C)(O)[C@@H]1CC[C@@H](N)C1. The molecule has 0 heterocycles. The van der Waals surface area contributed by atoms with Gasteiger partial charge in [0.15, 0.2) is 0 Å². The van der Waals surface area contributed by atoms with Gasteiger partial charge in [0, 0.05) is 6.04 Å². The highest BCUT2D eigenvalue weighted by Gasteiger charge is 2.32. The van der Waals surface area contributed by atoms with Crippen molar-refractivity contribution in [2.24, 2.45) is 11.7 Å². The van der Waals surface area contributed by atoms with E-state index < -0.39 is 5.60 Å². The maximum absolute atomic E-state index is 9.58. The van der Waals surface area contributed by atoms with E-state index in [9.17, 15) is 5.11 Å². The second-order valence-electron chi connectivity index (χ2n) is 3.92. The molecule has 0 saturated heterocycles. The minimum absolute atomic E-state index is 0.330. The Balaban J connectivity index is 2.45. The summed E-state index contributed by atoms with van der Waals surface area (Å²) in [6, 6.07) is 0.330. The highest BCUT2D eigenvalue weighted by Crippen LogP contribution is 2.32. The monoisotopic (exact) mass is 143 g/mol. The number of hydrogen-bond donors (Lipinski definition) is 2. The zero-order chi connectivity index (χ0) is 7.78. The van der Waals surface area contributed by atoms with Crippen molar-refractivity contribution in [2.75, 3.05) is 0 Å². The van der Waals surface area contributed by atoms with E-state index in [1.165, 1.54) is 0 Å². The van der Waals surface area contributed by atoms with Crippen LogP contribution < -0.4 is 5.73 Å². The number of rotatable bonds is 1. The molecular formula is C8H17NO. The molecule has 10 heavy (non-hydrogen) atoms. The molecule has 2 heteroatoms. The van der Waals surface area contributed by atoms with Gasteiger partial charge >= 0.3 is 0 Å². The zero-order valence-electron chi connectivity index (χ0n) is 6.80. The average Bonchev–Trinajstić information content (AvgIpc) is 2.11. The van der Waals surface area contributed by atoms with Gasteiger partial charge in [0.05, 0.1) is 5.60 Å². The Bertz CT molecular complexity index is 117. The predicted molar refractivity (Wildman–Crippen MR) is 41.6 cm³/mol. The molecule has 0 aromatic carbocycles. The fraction of sp³-hybridized carbons (Fsp3) is 1.00. The van der Waals surface area contributed by atoms with Gasteiger partial charge in [-0.3, -0.25) is 0 Å². The molecule has 2 atom stereocenters. The van der Waals surface area contributed by atoms with Crippen molar-refractivity contribution in [3.8, 4) is 0 Å². The lowest BCUT2D eigenvalue weighted by Gasteiger charge is -2.24. The lowest BCUT2D eigenvalue weighted by atomic mass is 9.90. The molecule has 2 nitrogen and oxygen atoms in total.